The molecule has 0 radical (unpaired) electrons. The lowest BCUT2D eigenvalue weighted by atomic mass is 10.2. The van der Waals surface area contributed by atoms with Gasteiger partial charge in [0.2, 0.25) is 0 Å². The maximum atomic E-state index is 3.61. The summed E-state index contributed by atoms with van der Waals surface area (Å²) in [6.07, 6.45) is 11.3. The summed E-state index contributed by atoms with van der Waals surface area (Å²) in [6, 6.07) is 0. The summed E-state index contributed by atoms with van der Waals surface area (Å²) in [5.41, 5.74) is 0. The summed E-state index contributed by atoms with van der Waals surface area (Å²) in [5.74, 6) is 0. The van der Waals surface area contributed by atoms with Gasteiger partial charge in [0.25, 0.3) is 0 Å². The SMILES string of the molecule is C=CC=CCCCCCI. The molecule has 0 rings (SSSR count). The second kappa shape index (κ2) is 9.21. The van der Waals surface area contributed by atoms with Crippen molar-refractivity contribution in [3.05, 3.63) is 24.8 Å². The standard InChI is InChI=1S/C9H15I/c1-2-3-4-5-6-7-8-9-10/h2-4H,1,5-9H2. The van der Waals surface area contributed by atoms with Crippen molar-refractivity contribution < 1.29 is 0 Å². The molecule has 0 spiro atoms. The van der Waals surface area contributed by atoms with Crippen LogP contribution in [0.5, 0.6) is 0 Å². The van der Waals surface area contributed by atoms with Gasteiger partial charge in [-0.15, -0.1) is 0 Å². The van der Waals surface area contributed by atoms with Gasteiger partial charge in [0.05, 0.1) is 0 Å². The van der Waals surface area contributed by atoms with Gasteiger partial charge in [-0.1, -0.05) is 53.8 Å². The van der Waals surface area contributed by atoms with E-state index in [1.54, 1.807) is 0 Å². The van der Waals surface area contributed by atoms with E-state index in [1.165, 1.54) is 30.1 Å². The molecule has 0 amide bonds. The third-order valence-electron chi connectivity index (χ3n) is 1.28. The Morgan fingerprint density at radius 3 is 2.60 bits per heavy atom. The van der Waals surface area contributed by atoms with Crippen LogP contribution in [0, 0.1) is 0 Å². The van der Waals surface area contributed by atoms with Gasteiger partial charge < -0.3 is 0 Å². The Bertz CT molecular complexity index is 94.9. The Morgan fingerprint density at radius 2 is 2.00 bits per heavy atom. The van der Waals surface area contributed by atoms with Crippen LogP contribution in [0.1, 0.15) is 25.7 Å². The number of alkyl halides is 1. The fraction of sp³-hybridized carbons (Fsp3) is 0.556. The minimum absolute atomic E-state index is 1.21. The fourth-order valence-electron chi connectivity index (χ4n) is 0.726. The average molecular weight is 250 g/mol. The summed E-state index contributed by atoms with van der Waals surface area (Å²) in [6.45, 7) is 3.61. The van der Waals surface area contributed by atoms with E-state index < -0.39 is 0 Å². The molecule has 0 aromatic carbocycles. The number of hydrogen-bond donors (Lipinski definition) is 0. The quantitative estimate of drug-likeness (QED) is 0.291. The Balaban J connectivity index is 2.90. The van der Waals surface area contributed by atoms with Crippen LogP contribution in [-0.4, -0.2) is 4.43 Å². The highest BCUT2D eigenvalue weighted by atomic mass is 127. The zero-order chi connectivity index (χ0) is 7.66. The van der Waals surface area contributed by atoms with E-state index in [9.17, 15) is 0 Å². The first-order chi connectivity index (χ1) is 4.91. The van der Waals surface area contributed by atoms with E-state index in [4.69, 9.17) is 0 Å². The Labute approximate surface area is 77.5 Å². The molecule has 0 fully saturated rings. The van der Waals surface area contributed by atoms with Crippen LogP contribution in [-0.2, 0) is 0 Å². The fourth-order valence-corrected chi connectivity index (χ4v) is 1.27. The van der Waals surface area contributed by atoms with Crippen LogP contribution in [0.2, 0.25) is 0 Å². The molecule has 0 aromatic heterocycles. The zero-order valence-electron chi connectivity index (χ0n) is 6.35. The number of unbranched alkanes of at least 4 members (excludes halogenated alkanes) is 3. The van der Waals surface area contributed by atoms with Crippen molar-refractivity contribution in [1.82, 2.24) is 0 Å². The normalized spacial score (nSPS) is 10.5. The molecule has 0 aliphatic heterocycles. The van der Waals surface area contributed by atoms with Crippen LogP contribution >= 0.6 is 22.6 Å². The summed E-state index contributed by atoms with van der Waals surface area (Å²) in [5, 5.41) is 0. The molecule has 0 atom stereocenters. The molecule has 0 aliphatic rings. The summed E-state index contributed by atoms with van der Waals surface area (Å²) < 4.78 is 1.29. The van der Waals surface area contributed by atoms with Crippen LogP contribution in [0.4, 0.5) is 0 Å². The third kappa shape index (κ3) is 8.21. The summed E-state index contributed by atoms with van der Waals surface area (Å²) in [7, 11) is 0. The van der Waals surface area contributed by atoms with Gasteiger partial charge in [0, 0.05) is 0 Å². The largest absolute Gasteiger partial charge is 0.0991 e. The number of hydrogen-bond acceptors (Lipinski definition) is 0. The second-order valence-electron chi connectivity index (χ2n) is 2.20. The molecule has 10 heavy (non-hydrogen) atoms. The average Bonchev–Trinajstić information content (AvgIpc) is 1.97. The highest BCUT2D eigenvalue weighted by Gasteiger charge is 1.83. The van der Waals surface area contributed by atoms with Gasteiger partial charge in [0.1, 0.15) is 0 Å². The topological polar surface area (TPSA) is 0 Å². The van der Waals surface area contributed by atoms with E-state index in [0.29, 0.717) is 0 Å². The predicted octanol–water partition coefficient (Wildman–Crippen LogP) is 3.72. The van der Waals surface area contributed by atoms with Crippen molar-refractivity contribution in [2.24, 2.45) is 0 Å². The van der Waals surface area contributed by atoms with Gasteiger partial charge in [-0.3, -0.25) is 0 Å². The Hall–Kier alpha value is 0.210. The molecule has 0 saturated heterocycles. The maximum Gasteiger partial charge on any atom is -0.000473 e. The van der Waals surface area contributed by atoms with Gasteiger partial charge >= 0.3 is 0 Å². The first-order valence-electron chi connectivity index (χ1n) is 3.75. The van der Waals surface area contributed by atoms with E-state index >= 15 is 0 Å². The highest BCUT2D eigenvalue weighted by Crippen LogP contribution is 2.02. The van der Waals surface area contributed by atoms with Crippen molar-refractivity contribution >= 4 is 22.6 Å². The lowest BCUT2D eigenvalue weighted by Gasteiger charge is -1.91. The van der Waals surface area contributed by atoms with E-state index in [1.807, 2.05) is 12.2 Å². The minimum atomic E-state index is 1.21. The maximum absolute atomic E-state index is 3.61. The molecular weight excluding hydrogens is 235 g/mol. The molecular formula is C9H15I. The molecule has 0 heterocycles. The van der Waals surface area contributed by atoms with Crippen LogP contribution in [0.25, 0.3) is 0 Å². The molecule has 0 aliphatic carbocycles. The molecule has 58 valence electrons. The monoisotopic (exact) mass is 250 g/mol. The molecule has 0 unspecified atom stereocenters. The van der Waals surface area contributed by atoms with Crippen molar-refractivity contribution in [2.45, 2.75) is 25.7 Å². The molecule has 0 aromatic rings. The molecule has 0 N–H and O–H groups in total. The minimum Gasteiger partial charge on any atom is -0.0991 e. The summed E-state index contributed by atoms with van der Waals surface area (Å²) in [4.78, 5) is 0. The smallest absolute Gasteiger partial charge is 0.000473 e. The first-order valence-corrected chi connectivity index (χ1v) is 5.28. The first kappa shape index (κ1) is 10.2. The predicted molar refractivity (Wildman–Crippen MR) is 56.7 cm³/mol. The number of allylic oxidation sites excluding steroid dienone is 3. The van der Waals surface area contributed by atoms with Crippen molar-refractivity contribution in [3.8, 4) is 0 Å². The van der Waals surface area contributed by atoms with Crippen LogP contribution in [0.15, 0.2) is 24.8 Å². The van der Waals surface area contributed by atoms with Crippen molar-refractivity contribution in [3.63, 3.8) is 0 Å². The van der Waals surface area contributed by atoms with Crippen LogP contribution in [0.3, 0.4) is 0 Å². The van der Waals surface area contributed by atoms with Crippen molar-refractivity contribution in [2.75, 3.05) is 4.43 Å². The van der Waals surface area contributed by atoms with Gasteiger partial charge in [-0.25, -0.2) is 0 Å². The molecule has 0 bridgehead atoms. The van der Waals surface area contributed by atoms with Gasteiger partial charge in [-0.2, -0.15) is 0 Å². The lowest BCUT2D eigenvalue weighted by molar-refractivity contribution is 0.739. The highest BCUT2D eigenvalue weighted by molar-refractivity contribution is 14.1. The van der Waals surface area contributed by atoms with Crippen molar-refractivity contribution in [1.29, 1.82) is 0 Å². The van der Waals surface area contributed by atoms with Crippen LogP contribution < -0.4 is 0 Å². The van der Waals surface area contributed by atoms with E-state index in [0.717, 1.165) is 0 Å². The molecule has 1 heteroatoms. The molecule has 0 saturated carbocycles. The second-order valence-corrected chi connectivity index (χ2v) is 3.28. The summed E-state index contributed by atoms with van der Waals surface area (Å²) >= 11 is 2.42. The lowest BCUT2D eigenvalue weighted by Crippen LogP contribution is -1.75. The Morgan fingerprint density at radius 1 is 1.20 bits per heavy atom. The van der Waals surface area contributed by atoms with E-state index in [-0.39, 0.29) is 0 Å². The number of rotatable bonds is 6. The molecule has 0 nitrogen and oxygen atoms in total. The zero-order valence-corrected chi connectivity index (χ0v) is 8.51. The van der Waals surface area contributed by atoms with Gasteiger partial charge in [0.15, 0.2) is 0 Å². The number of halogens is 1. The Kier molecular flexibility index (Phi) is 9.40. The third-order valence-corrected chi connectivity index (χ3v) is 2.04. The van der Waals surface area contributed by atoms with Gasteiger partial charge in [-0.05, 0) is 23.7 Å². The van der Waals surface area contributed by atoms with E-state index in [2.05, 4.69) is 35.2 Å².